The summed E-state index contributed by atoms with van der Waals surface area (Å²) in [5.74, 6) is 1.06. The molecule has 0 saturated heterocycles. The Balaban J connectivity index is 2.05. The van der Waals surface area contributed by atoms with Crippen LogP contribution in [-0.2, 0) is 12.4 Å². The van der Waals surface area contributed by atoms with Crippen molar-refractivity contribution in [3.63, 3.8) is 0 Å². The number of carbonyl (C=O) groups excluding carboxylic acids is 1. The molecule has 0 fully saturated rings. The summed E-state index contributed by atoms with van der Waals surface area (Å²) in [5, 5.41) is 0. The Labute approximate surface area is 111 Å². The van der Waals surface area contributed by atoms with Gasteiger partial charge in [-0.25, -0.2) is 0 Å². The van der Waals surface area contributed by atoms with Gasteiger partial charge in [0.2, 0.25) is 0 Å². The van der Waals surface area contributed by atoms with E-state index in [0.29, 0.717) is 18.1 Å². The van der Waals surface area contributed by atoms with Crippen LogP contribution in [0.1, 0.15) is 21.9 Å². The van der Waals surface area contributed by atoms with Gasteiger partial charge in [-0.3, -0.25) is 4.79 Å². The van der Waals surface area contributed by atoms with Crippen LogP contribution in [0.5, 0.6) is 0 Å². The molecule has 4 heteroatoms. The molecule has 18 heavy (non-hydrogen) atoms. The van der Waals surface area contributed by atoms with Crippen molar-refractivity contribution in [2.24, 2.45) is 0 Å². The fourth-order valence-corrected chi connectivity index (χ4v) is 1.83. The summed E-state index contributed by atoms with van der Waals surface area (Å²) in [4.78, 5) is 13.7. The minimum Gasteiger partial charge on any atom is -0.455 e. The summed E-state index contributed by atoms with van der Waals surface area (Å²) < 4.78 is 5.33. The van der Waals surface area contributed by atoms with E-state index >= 15 is 0 Å². The molecular weight excluding hydrogens is 250 g/mol. The summed E-state index contributed by atoms with van der Waals surface area (Å²) >= 11 is 5.64. The van der Waals surface area contributed by atoms with Crippen molar-refractivity contribution in [2.75, 3.05) is 7.05 Å². The minimum absolute atomic E-state index is 0.143. The van der Waals surface area contributed by atoms with E-state index in [1.165, 1.54) is 0 Å². The molecule has 0 bridgehead atoms. The molecule has 0 radical (unpaired) electrons. The monoisotopic (exact) mass is 263 g/mol. The lowest BCUT2D eigenvalue weighted by atomic mass is 10.2. The highest BCUT2D eigenvalue weighted by molar-refractivity contribution is 6.16. The fraction of sp³-hybridized carbons (Fsp3) is 0.214. The SMILES string of the molecule is CN(Cc1ccccc1)C(=O)c1ccc(CCl)o1. The predicted octanol–water partition coefficient (Wildman–Crippen LogP) is 3.29. The molecule has 94 valence electrons. The van der Waals surface area contributed by atoms with E-state index in [-0.39, 0.29) is 11.8 Å². The van der Waals surface area contributed by atoms with Crippen molar-refractivity contribution >= 4 is 17.5 Å². The molecule has 1 heterocycles. The quantitative estimate of drug-likeness (QED) is 0.793. The summed E-state index contributed by atoms with van der Waals surface area (Å²) in [6, 6.07) is 13.2. The molecule has 1 aromatic carbocycles. The molecule has 2 aromatic rings. The number of hydrogen-bond donors (Lipinski definition) is 0. The van der Waals surface area contributed by atoms with Gasteiger partial charge in [-0.05, 0) is 17.7 Å². The van der Waals surface area contributed by atoms with Crippen LogP contribution in [0, 0.1) is 0 Å². The third-order valence-electron chi connectivity index (χ3n) is 2.61. The number of rotatable bonds is 4. The van der Waals surface area contributed by atoms with Gasteiger partial charge >= 0.3 is 0 Å². The zero-order valence-electron chi connectivity index (χ0n) is 10.1. The second-order valence-electron chi connectivity index (χ2n) is 4.05. The highest BCUT2D eigenvalue weighted by atomic mass is 35.5. The van der Waals surface area contributed by atoms with E-state index in [9.17, 15) is 4.79 Å². The number of furan rings is 1. The van der Waals surface area contributed by atoms with Gasteiger partial charge in [0.1, 0.15) is 5.76 Å². The minimum atomic E-state index is -0.143. The van der Waals surface area contributed by atoms with Crippen molar-refractivity contribution in [3.05, 3.63) is 59.5 Å². The largest absolute Gasteiger partial charge is 0.455 e. The predicted molar refractivity (Wildman–Crippen MR) is 70.5 cm³/mol. The molecular formula is C14H14ClNO2. The molecule has 3 nitrogen and oxygen atoms in total. The maximum Gasteiger partial charge on any atom is 0.289 e. The van der Waals surface area contributed by atoms with E-state index in [0.717, 1.165) is 5.56 Å². The van der Waals surface area contributed by atoms with E-state index in [1.807, 2.05) is 30.3 Å². The van der Waals surface area contributed by atoms with Crippen LogP contribution in [0.15, 0.2) is 46.9 Å². The van der Waals surface area contributed by atoms with Crippen LogP contribution < -0.4 is 0 Å². The number of hydrogen-bond acceptors (Lipinski definition) is 2. The first-order valence-corrected chi connectivity index (χ1v) is 6.18. The lowest BCUT2D eigenvalue weighted by Crippen LogP contribution is -2.25. The Kier molecular flexibility index (Phi) is 4.05. The zero-order chi connectivity index (χ0) is 13.0. The summed E-state index contributed by atoms with van der Waals surface area (Å²) in [6.45, 7) is 0.552. The average Bonchev–Trinajstić information content (AvgIpc) is 2.87. The first-order valence-electron chi connectivity index (χ1n) is 5.65. The maximum absolute atomic E-state index is 12.1. The maximum atomic E-state index is 12.1. The fourth-order valence-electron chi connectivity index (χ4n) is 1.68. The summed E-state index contributed by atoms with van der Waals surface area (Å²) in [5.41, 5.74) is 1.08. The van der Waals surface area contributed by atoms with Gasteiger partial charge in [0, 0.05) is 13.6 Å². The van der Waals surface area contributed by atoms with E-state index < -0.39 is 0 Å². The Morgan fingerprint density at radius 1 is 1.22 bits per heavy atom. The topological polar surface area (TPSA) is 33.5 Å². The second-order valence-corrected chi connectivity index (χ2v) is 4.31. The molecule has 0 aliphatic heterocycles. The van der Waals surface area contributed by atoms with Gasteiger partial charge in [0.05, 0.1) is 5.88 Å². The number of nitrogens with zero attached hydrogens (tertiary/aromatic N) is 1. The molecule has 1 aromatic heterocycles. The Morgan fingerprint density at radius 2 is 1.94 bits per heavy atom. The standard InChI is InChI=1S/C14H14ClNO2/c1-16(10-11-5-3-2-4-6-11)14(17)13-8-7-12(9-15)18-13/h2-8H,9-10H2,1H3. The van der Waals surface area contributed by atoms with Crippen LogP contribution in [0.3, 0.4) is 0 Å². The van der Waals surface area contributed by atoms with Gasteiger partial charge < -0.3 is 9.32 Å². The first kappa shape index (κ1) is 12.7. The number of halogens is 1. The van der Waals surface area contributed by atoms with E-state index in [4.69, 9.17) is 16.0 Å². The third kappa shape index (κ3) is 2.93. The highest BCUT2D eigenvalue weighted by Crippen LogP contribution is 2.13. The van der Waals surface area contributed by atoms with Gasteiger partial charge in [0.15, 0.2) is 5.76 Å². The van der Waals surface area contributed by atoms with Crippen molar-refractivity contribution < 1.29 is 9.21 Å². The summed E-state index contributed by atoms with van der Waals surface area (Å²) in [6.07, 6.45) is 0. The average molecular weight is 264 g/mol. The lowest BCUT2D eigenvalue weighted by molar-refractivity contribution is 0.0752. The zero-order valence-corrected chi connectivity index (χ0v) is 10.9. The molecule has 0 aliphatic carbocycles. The Bertz CT molecular complexity index is 522. The highest BCUT2D eigenvalue weighted by Gasteiger charge is 2.15. The molecule has 0 spiro atoms. The number of amides is 1. The third-order valence-corrected chi connectivity index (χ3v) is 2.88. The lowest BCUT2D eigenvalue weighted by Gasteiger charge is -2.15. The van der Waals surface area contributed by atoms with Crippen molar-refractivity contribution in [3.8, 4) is 0 Å². The van der Waals surface area contributed by atoms with Crippen LogP contribution >= 0.6 is 11.6 Å². The second kappa shape index (κ2) is 5.74. The van der Waals surface area contributed by atoms with Crippen LogP contribution in [0.2, 0.25) is 0 Å². The van der Waals surface area contributed by atoms with Gasteiger partial charge in [-0.15, -0.1) is 11.6 Å². The normalized spacial score (nSPS) is 10.3. The number of benzene rings is 1. The van der Waals surface area contributed by atoms with Crippen LogP contribution in [0.4, 0.5) is 0 Å². The van der Waals surface area contributed by atoms with Gasteiger partial charge in [-0.1, -0.05) is 30.3 Å². The van der Waals surface area contributed by atoms with Crippen molar-refractivity contribution in [2.45, 2.75) is 12.4 Å². The Hall–Kier alpha value is -1.74. The van der Waals surface area contributed by atoms with E-state index in [2.05, 4.69) is 0 Å². The van der Waals surface area contributed by atoms with Crippen LogP contribution in [0.25, 0.3) is 0 Å². The van der Waals surface area contributed by atoms with Crippen molar-refractivity contribution in [1.82, 2.24) is 4.90 Å². The molecule has 2 rings (SSSR count). The van der Waals surface area contributed by atoms with Crippen LogP contribution in [-0.4, -0.2) is 17.9 Å². The van der Waals surface area contributed by atoms with Gasteiger partial charge in [0.25, 0.3) is 5.91 Å². The van der Waals surface area contributed by atoms with Gasteiger partial charge in [-0.2, -0.15) is 0 Å². The Morgan fingerprint density at radius 3 is 2.56 bits per heavy atom. The molecule has 0 saturated carbocycles. The summed E-state index contributed by atoms with van der Waals surface area (Å²) in [7, 11) is 1.75. The molecule has 0 unspecified atom stereocenters. The molecule has 0 atom stereocenters. The van der Waals surface area contributed by atoms with Crippen molar-refractivity contribution in [1.29, 1.82) is 0 Å². The smallest absolute Gasteiger partial charge is 0.289 e. The molecule has 0 aliphatic rings. The molecule has 0 N–H and O–H groups in total. The van der Waals surface area contributed by atoms with E-state index in [1.54, 1.807) is 24.1 Å². The number of carbonyl (C=O) groups is 1. The first-order chi connectivity index (χ1) is 8.70. The molecule has 1 amide bonds. The number of alkyl halides is 1.